The molecule has 0 saturated heterocycles. The molecule has 1 saturated carbocycles. The average molecular weight is 186 g/mol. The molecule has 0 aromatic carbocycles. The second-order valence-electron chi connectivity index (χ2n) is 3.43. The summed E-state index contributed by atoms with van der Waals surface area (Å²) in [5, 5.41) is 9.76. The molecule has 0 radical (unpaired) electrons. The first-order valence-electron chi connectivity index (χ1n) is 4.65. The van der Waals surface area contributed by atoms with Gasteiger partial charge in [0, 0.05) is 4.75 Å². The van der Waals surface area contributed by atoms with E-state index in [1.807, 2.05) is 6.08 Å². The molecule has 12 heavy (non-hydrogen) atoms. The minimum atomic E-state index is -0.223. The largest absolute Gasteiger partial charge is 0.388 e. The van der Waals surface area contributed by atoms with E-state index in [0.29, 0.717) is 0 Å². The summed E-state index contributed by atoms with van der Waals surface area (Å²) >= 11 is 1.80. The van der Waals surface area contributed by atoms with Gasteiger partial charge < -0.3 is 5.11 Å². The lowest BCUT2D eigenvalue weighted by Crippen LogP contribution is -2.21. The zero-order chi connectivity index (χ0) is 9.03. The van der Waals surface area contributed by atoms with Crippen LogP contribution in [0.3, 0.4) is 0 Å². The average Bonchev–Trinajstić information content (AvgIpc) is 2.85. The van der Waals surface area contributed by atoms with Gasteiger partial charge in [-0.25, -0.2) is 0 Å². The van der Waals surface area contributed by atoms with Crippen molar-refractivity contribution in [3.8, 4) is 0 Å². The van der Waals surface area contributed by atoms with Gasteiger partial charge in [0.05, 0.1) is 6.10 Å². The summed E-state index contributed by atoms with van der Waals surface area (Å²) in [6.07, 6.45) is 10.5. The van der Waals surface area contributed by atoms with Crippen molar-refractivity contribution in [2.24, 2.45) is 0 Å². The quantitative estimate of drug-likeness (QED) is 0.666. The summed E-state index contributed by atoms with van der Waals surface area (Å²) in [6.45, 7) is 2.15. The molecular formula is C10H18OS. The van der Waals surface area contributed by atoms with E-state index in [9.17, 15) is 5.11 Å². The van der Waals surface area contributed by atoms with E-state index in [1.165, 1.54) is 12.8 Å². The third-order valence-electron chi connectivity index (χ3n) is 2.46. The van der Waals surface area contributed by atoms with Crippen LogP contribution in [-0.2, 0) is 0 Å². The Morgan fingerprint density at radius 3 is 2.67 bits per heavy atom. The predicted molar refractivity (Wildman–Crippen MR) is 55.5 cm³/mol. The van der Waals surface area contributed by atoms with Crippen LogP contribution in [0.2, 0.25) is 0 Å². The summed E-state index contributed by atoms with van der Waals surface area (Å²) < 4.78 is 0.185. The molecule has 1 atom stereocenters. The fourth-order valence-corrected chi connectivity index (χ4v) is 2.14. The molecule has 0 aromatic rings. The van der Waals surface area contributed by atoms with Crippen LogP contribution < -0.4 is 0 Å². The molecule has 0 bridgehead atoms. The highest BCUT2D eigenvalue weighted by Crippen LogP contribution is 2.50. The van der Waals surface area contributed by atoms with Crippen molar-refractivity contribution in [3.63, 3.8) is 0 Å². The lowest BCUT2D eigenvalue weighted by Gasteiger charge is -2.15. The summed E-state index contributed by atoms with van der Waals surface area (Å²) in [5.41, 5.74) is 0. The molecule has 1 fully saturated rings. The molecule has 70 valence electrons. The first-order chi connectivity index (χ1) is 5.75. The van der Waals surface area contributed by atoms with Crippen LogP contribution in [0.1, 0.15) is 32.6 Å². The summed E-state index contributed by atoms with van der Waals surface area (Å²) in [6, 6.07) is 0. The van der Waals surface area contributed by atoms with Crippen LogP contribution in [0, 0.1) is 0 Å². The molecule has 0 aromatic heterocycles. The van der Waals surface area contributed by atoms with Gasteiger partial charge in [-0.1, -0.05) is 25.5 Å². The Kier molecular flexibility index (Phi) is 3.66. The number of unbranched alkanes of at least 4 members (excludes halogenated alkanes) is 1. The predicted octanol–water partition coefficient (Wildman–Crippen LogP) is 2.60. The molecule has 1 rings (SSSR count). The highest BCUT2D eigenvalue weighted by Gasteiger charge is 2.47. The summed E-state index contributed by atoms with van der Waals surface area (Å²) in [4.78, 5) is 0. The number of hydrogen-bond acceptors (Lipinski definition) is 2. The van der Waals surface area contributed by atoms with Crippen molar-refractivity contribution in [2.45, 2.75) is 43.5 Å². The normalized spacial score (nSPS) is 22.9. The topological polar surface area (TPSA) is 20.2 Å². The summed E-state index contributed by atoms with van der Waals surface area (Å²) in [7, 11) is 0. The first-order valence-corrected chi connectivity index (χ1v) is 5.87. The van der Waals surface area contributed by atoms with Crippen molar-refractivity contribution < 1.29 is 5.11 Å². The molecular weight excluding hydrogens is 168 g/mol. The van der Waals surface area contributed by atoms with Crippen molar-refractivity contribution >= 4 is 11.8 Å². The highest BCUT2D eigenvalue weighted by atomic mass is 32.2. The van der Waals surface area contributed by atoms with Gasteiger partial charge in [-0.05, 0) is 25.5 Å². The maximum absolute atomic E-state index is 9.76. The Morgan fingerprint density at radius 1 is 1.58 bits per heavy atom. The Bertz CT molecular complexity index is 161. The van der Waals surface area contributed by atoms with Gasteiger partial charge in [0.2, 0.25) is 0 Å². The van der Waals surface area contributed by atoms with Gasteiger partial charge in [-0.2, -0.15) is 11.8 Å². The van der Waals surface area contributed by atoms with E-state index < -0.39 is 0 Å². The molecule has 1 nitrogen and oxygen atoms in total. The van der Waals surface area contributed by atoms with Crippen LogP contribution in [-0.4, -0.2) is 22.2 Å². The number of allylic oxidation sites excluding steroid dienone is 1. The van der Waals surface area contributed by atoms with Crippen LogP contribution in [0.15, 0.2) is 12.2 Å². The molecule has 0 spiro atoms. The zero-order valence-electron chi connectivity index (χ0n) is 7.92. The van der Waals surface area contributed by atoms with E-state index in [4.69, 9.17) is 0 Å². The molecule has 1 aliphatic carbocycles. The first kappa shape index (κ1) is 10.1. The van der Waals surface area contributed by atoms with E-state index in [0.717, 1.165) is 12.8 Å². The molecule has 1 aliphatic rings. The number of thioether (sulfide) groups is 1. The molecule has 1 unspecified atom stereocenters. The van der Waals surface area contributed by atoms with Crippen LogP contribution in [0.25, 0.3) is 0 Å². The molecule has 0 heterocycles. The van der Waals surface area contributed by atoms with Gasteiger partial charge in [-0.15, -0.1) is 0 Å². The van der Waals surface area contributed by atoms with E-state index in [2.05, 4.69) is 19.3 Å². The smallest absolute Gasteiger partial charge is 0.0867 e. The Hall–Kier alpha value is 0.0500. The fourth-order valence-electron chi connectivity index (χ4n) is 1.31. The number of aliphatic hydroxyl groups excluding tert-OH is 1. The minimum absolute atomic E-state index is 0.185. The van der Waals surface area contributed by atoms with E-state index in [-0.39, 0.29) is 10.9 Å². The Labute approximate surface area is 79.2 Å². The van der Waals surface area contributed by atoms with Gasteiger partial charge in [0.1, 0.15) is 0 Å². The molecule has 0 amide bonds. The second-order valence-corrected chi connectivity index (χ2v) is 4.65. The zero-order valence-corrected chi connectivity index (χ0v) is 8.73. The lowest BCUT2D eigenvalue weighted by molar-refractivity contribution is 0.212. The Balaban J connectivity index is 2.32. The fraction of sp³-hybridized carbons (Fsp3) is 0.800. The maximum Gasteiger partial charge on any atom is 0.0867 e. The lowest BCUT2D eigenvalue weighted by atomic mass is 10.2. The van der Waals surface area contributed by atoms with Gasteiger partial charge in [0.15, 0.2) is 0 Å². The number of aliphatic hydroxyl groups is 1. The van der Waals surface area contributed by atoms with Crippen molar-refractivity contribution in [3.05, 3.63) is 12.2 Å². The van der Waals surface area contributed by atoms with Gasteiger partial charge >= 0.3 is 0 Å². The van der Waals surface area contributed by atoms with Crippen LogP contribution in [0.4, 0.5) is 0 Å². The van der Waals surface area contributed by atoms with Gasteiger partial charge in [-0.3, -0.25) is 0 Å². The third-order valence-corrected chi connectivity index (χ3v) is 3.92. The number of hydrogen-bond donors (Lipinski definition) is 1. The molecule has 0 aliphatic heterocycles. The van der Waals surface area contributed by atoms with Crippen molar-refractivity contribution in [1.29, 1.82) is 0 Å². The van der Waals surface area contributed by atoms with Crippen LogP contribution in [0.5, 0.6) is 0 Å². The van der Waals surface area contributed by atoms with E-state index in [1.54, 1.807) is 11.8 Å². The minimum Gasteiger partial charge on any atom is -0.388 e. The standard InChI is InChI=1S/C10H18OS/c1-3-4-5-6-9(11)10(12-2)7-8-10/h5-6,9,11H,3-4,7-8H2,1-2H3/b6-5+. The third kappa shape index (κ3) is 2.27. The molecule has 2 heteroatoms. The van der Waals surface area contributed by atoms with Crippen molar-refractivity contribution in [1.82, 2.24) is 0 Å². The Morgan fingerprint density at radius 2 is 2.25 bits per heavy atom. The summed E-state index contributed by atoms with van der Waals surface area (Å²) in [5.74, 6) is 0. The van der Waals surface area contributed by atoms with E-state index >= 15 is 0 Å². The van der Waals surface area contributed by atoms with Gasteiger partial charge in [0.25, 0.3) is 0 Å². The number of rotatable bonds is 5. The SMILES string of the molecule is CCC/C=C/C(O)C1(SC)CC1. The highest BCUT2D eigenvalue weighted by molar-refractivity contribution is 8.00. The second kappa shape index (κ2) is 4.33. The van der Waals surface area contributed by atoms with Crippen molar-refractivity contribution in [2.75, 3.05) is 6.26 Å². The monoisotopic (exact) mass is 186 g/mol. The maximum atomic E-state index is 9.76. The van der Waals surface area contributed by atoms with Crippen LogP contribution >= 0.6 is 11.8 Å². The molecule has 1 N–H and O–H groups in total.